The van der Waals surface area contributed by atoms with Crippen molar-refractivity contribution < 1.29 is 14.3 Å². The van der Waals surface area contributed by atoms with Gasteiger partial charge in [0.05, 0.1) is 12.5 Å². The van der Waals surface area contributed by atoms with E-state index in [2.05, 4.69) is 15.9 Å². The zero-order valence-electron chi connectivity index (χ0n) is 12.4. The minimum absolute atomic E-state index is 0.280. The second-order valence-corrected chi connectivity index (χ2v) is 6.86. The first-order valence-electron chi connectivity index (χ1n) is 6.56. The Morgan fingerprint density at radius 2 is 1.95 bits per heavy atom. The Balaban J connectivity index is 3.10. The molecule has 0 N–H and O–H groups in total. The average Bonchev–Trinajstić information content (AvgIpc) is 2.44. The van der Waals surface area contributed by atoms with Crippen LogP contribution in [0.1, 0.15) is 39.2 Å². The Labute approximate surface area is 128 Å². The average molecular weight is 341 g/mol. The largest absolute Gasteiger partial charge is 0.468 e. The Kier molecular flexibility index (Phi) is 5.51. The van der Waals surface area contributed by atoms with Gasteiger partial charge in [0.15, 0.2) is 0 Å². The van der Waals surface area contributed by atoms with Gasteiger partial charge in [0.25, 0.3) is 0 Å². The number of esters is 1. The number of carbonyl (C=O) groups excluding carboxylic acids is 2. The molecule has 110 valence electrons. The summed E-state index contributed by atoms with van der Waals surface area (Å²) in [6.07, 6.45) is 2.11. The number of hydrogen-bond acceptors (Lipinski definition) is 3. The lowest BCUT2D eigenvalue weighted by Crippen LogP contribution is -2.35. The van der Waals surface area contributed by atoms with Gasteiger partial charge >= 0.3 is 5.97 Å². The highest BCUT2D eigenvalue weighted by Gasteiger charge is 2.37. The van der Waals surface area contributed by atoms with Crippen LogP contribution in [-0.4, -0.2) is 19.4 Å². The van der Waals surface area contributed by atoms with Gasteiger partial charge in [-0.25, -0.2) is 0 Å². The molecule has 20 heavy (non-hydrogen) atoms. The molecule has 0 spiro atoms. The van der Waals surface area contributed by atoms with E-state index in [0.717, 1.165) is 16.3 Å². The minimum Gasteiger partial charge on any atom is -0.468 e. The SMILES string of the molecule is COC(=O)C(C)(CCC(C)(C)C=O)c1cccc(Br)c1. The summed E-state index contributed by atoms with van der Waals surface area (Å²) in [5.74, 6) is -0.280. The number of hydrogen-bond donors (Lipinski definition) is 0. The normalized spacial score (nSPS) is 14.4. The van der Waals surface area contributed by atoms with Crippen molar-refractivity contribution in [3.8, 4) is 0 Å². The van der Waals surface area contributed by atoms with Crippen molar-refractivity contribution in [3.05, 3.63) is 34.3 Å². The van der Waals surface area contributed by atoms with E-state index < -0.39 is 10.8 Å². The molecule has 3 nitrogen and oxygen atoms in total. The molecule has 0 aromatic heterocycles. The molecule has 0 aliphatic rings. The van der Waals surface area contributed by atoms with E-state index in [0.29, 0.717) is 12.8 Å². The second kappa shape index (κ2) is 6.53. The number of aldehydes is 1. The Hall–Kier alpha value is -1.16. The van der Waals surface area contributed by atoms with E-state index in [1.165, 1.54) is 7.11 Å². The second-order valence-electron chi connectivity index (χ2n) is 5.94. The van der Waals surface area contributed by atoms with E-state index in [1.54, 1.807) is 0 Å². The van der Waals surface area contributed by atoms with Gasteiger partial charge in [0, 0.05) is 9.89 Å². The fraction of sp³-hybridized carbons (Fsp3) is 0.500. The van der Waals surface area contributed by atoms with Crippen molar-refractivity contribution in [1.82, 2.24) is 0 Å². The van der Waals surface area contributed by atoms with Crippen LogP contribution in [0, 0.1) is 5.41 Å². The summed E-state index contributed by atoms with van der Waals surface area (Å²) < 4.78 is 5.88. The molecular formula is C16H21BrO3. The summed E-state index contributed by atoms with van der Waals surface area (Å²) >= 11 is 3.42. The van der Waals surface area contributed by atoms with E-state index in [4.69, 9.17) is 4.74 Å². The summed E-state index contributed by atoms with van der Waals surface area (Å²) in [4.78, 5) is 23.3. The van der Waals surface area contributed by atoms with Crippen LogP contribution in [0.25, 0.3) is 0 Å². The lowest BCUT2D eigenvalue weighted by atomic mass is 9.74. The van der Waals surface area contributed by atoms with Crippen LogP contribution in [0.4, 0.5) is 0 Å². The molecule has 0 bridgehead atoms. The number of halogens is 1. The lowest BCUT2D eigenvalue weighted by molar-refractivity contribution is -0.147. The Bertz CT molecular complexity index is 496. The molecule has 1 aromatic rings. The highest BCUT2D eigenvalue weighted by molar-refractivity contribution is 9.10. The fourth-order valence-electron chi connectivity index (χ4n) is 2.05. The summed E-state index contributed by atoms with van der Waals surface area (Å²) in [5, 5.41) is 0. The molecule has 0 saturated carbocycles. The molecule has 0 saturated heterocycles. The third-order valence-corrected chi connectivity index (χ3v) is 4.18. The minimum atomic E-state index is -0.751. The maximum Gasteiger partial charge on any atom is 0.315 e. The maximum absolute atomic E-state index is 12.2. The molecule has 0 aliphatic carbocycles. The number of rotatable bonds is 6. The first-order valence-corrected chi connectivity index (χ1v) is 7.35. The Morgan fingerprint density at radius 3 is 2.45 bits per heavy atom. The van der Waals surface area contributed by atoms with Gasteiger partial charge in [-0.2, -0.15) is 0 Å². The predicted molar refractivity (Wildman–Crippen MR) is 82.6 cm³/mol. The van der Waals surface area contributed by atoms with Gasteiger partial charge in [-0.15, -0.1) is 0 Å². The van der Waals surface area contributed by atoms with Crippen molar-refractivity contribution in [3.63, 3.8) is 0 Å². The summed E-state index contributed by atoms with van der Waals surface area (Å²) in [5.41, 5.74) is -0.305. The van der Waals surface area contributed by atoms with Gasteiger partial charge < -0.3 is 9.53 Å². The van der Waals surface area contributed by atoms with Crippen LogP contribution in [0.5, 0.6) is 0 Å². The van der Waals surface area contributed by atoms with Crippen molar-refractivity contribution in [2.75, 3.05) is 7.11 Å². The summed E-state index contributed by atoms with van der Waals surface area (Å²) in [6, 6.07) is 7.64. The zero-order chi connectivity index (χ0) is 15.4. The van der Waals surface area contributed by atoms with Crippen LogP contribution in [0.3, 0.4) is 0 Å². The highest BCUT2D eigenvalue weighted by Crippen LogP contribution is 2.35. The fourth-order valence-corrected chi connectivity index (χ4v) is 2.45. The van der Waals surface area contributed by atoms with Crippen molar-refractivity contribution in [2.24, 2.45) is 5.41 Å². The third-order valence-electron chi connectivity index (χ3n) is 3.69. The van der Waals surface area contributed by atoms with Gasteiger partial charge in [-0.1, -0.05) is 41.9 Å². The molecule has 0 radical (unpaired) electrons. The smallest absolute Gasteiger partial charge is 0.315 e. The molecule has 1 aromatic carbocycles. The van der Waals surface area contributed by atoms with Crippen molar-refractivity contribution in [2.45, 2.75) is 39.0 Å². The number of carbonyl (C=O) groups is 2. The number of methoxy groups -OCH3 is 1. The maximum atomic E-state index is 12.2. The lowest BCUT2D eigenvalue weighted by Gasteiger charge is -2.30. The van der Waals surface area contributed by atoms with Crippen LogP contribution < -0.4 is 0 Å². The monoisotopic (exact) mass is 340 g/mol. The zero-order valence-corrected chi connectivity index (χ0v) is 14.0. The first kappa shape index (κ1) is 16.9. The number of ether oxygens (including phenoxy) is 1. The van der Waals surface area contributed by atoms with Gasteiger partial charge in [0.2, 0.25) is 0 Å². The predicted octanol–water partition coefficient (Wildman–Crippen LogP) is 3.89. The molecule has 4 heteroatoms. The van der Waals surface area contributed by atoms with Gasteiger partial charge in [0.1, 0.15) is 6.29 Å². The van der Waals surface area contributed by atoms with E-state index in [-0.39, 0.29) is 5.97 Å². The number of benzene rings is 1. The Morgan fingerprint density at radius 1 is 1.30 bits per heavy atom. The van der Waals surface area contributed by atoms with Crippen LogP contribution in [-0.2, 0) is 19.7 Å². The molecule has 0 amide bonds. The van der Waals surface area contributed by atoms with Gasteiger partial charge in [-0.3, -0.25) is 4.79 Å². The standard InChI is InChI=1S/C16H21BrO3/c1-15(2,11-18)8-9-16(3,14(19)20-4)12-6-5-7-13(17)10-12/h5-7,10-11H,8-9H2,1-4H3. The topological polar surface area (TPSA) is 43.4 Å². The molecule has 1 unspecified atom stereocenters. The van der Waals surface area contributed by atoms with E-state index in [1.807, 2.05) is 45.0 Å². The third kappa shape index (κ3) is 3.92. The van der Waals surface area contributed by atoms with Crippen LogP contribution in [0.2, 0.25) is 0 Å². The first-order chi connectivity index (χ1) is 9.25. The highest BCUT2D eigenvalue weighted by atomic mass is 79.9. The van der Waals surface area contributed by atoms with Crippen molar-refractivity contribution >= 4 is 28.2 Å². The summed E-state index contributed by atoms with van der Waals surface area (Å²) in [6.45, 7) is 5.61. The molecule has 0 fully saturated rings. The summed E-state index contributed by atoms with van der Waals surface area (Å²) in [7, 11) is 1.39. The quantitative estimate of drug-likeness (QED) is 0.582. The molecule has 1 rings (SSSR count). The molecule has 1 atom stereocenters. The molecular weight excluding hydrogens is 320 g/mol. The molecule has 0 heterocycles. The van der Waals surface area contributed by atoms with E-state index in [9.17, 15) is 9.59 Å². The van der Waals surface area contributed by atoms with Crippen LogP contribution >= 0.6 is 15.9 Å². The van der Waals surface area contributed by atoms with Crippen molar-refractivity contribution in [1.29, 1.82) is 0 Å². The van der Waals surface area contributed by atoms with E-state index >= 15 is 0 Å². The van der Waals surface area contributed by atoms with Crippen LogP contribution in [0.15, 0.2) is 28.7 Å². The molecule has 0 aliphatic heterocycles. The van der Waals surface area contributed by atoms with Gasteiger partial charge in [-0.05, 0) is 37.5 Å².